The van der Waals surface area contributed by atoms with Crippen molar-refractivity contribution in [3.05, 3.63) is 29.8 Å². The third-order valence-corrected chi connectivity index (χ3v) is 5.18. The highest BCUT2D eigenvalue weighted by atomic mass is 32.2. The zero-order valence-corrected chi connectivity index (χ0v) is 13.2. The summed E-state index contributed by atoms with van der Waals surface area (Å²) in [5, 5.41) is 0. The lowest BCUT2D eigenvalue weighted by molar-refractivity contribution is 0.184. The van der Waals surface area contributed by atoms with Crippen LogP contribution in [0.3, 0.4) is 0 Å². The van der Waals surface area contributed by atoms with Crippen molar-refractivity contribution < 1.29 is 0 Å². The van der Waals surface area contributed by atoms with Crippen LogP contribution in [-0.2, 0) is 0 Å². The Morgan fingerprint density at radius 2 is 2.11 bits per heavy atom. The normalized spacial score (nSPS) is 18.9. The second-order valence-electron chi connectivity index (χ2n) is 6.24. The van der Waals surface area contributed by atoms with Crippen molar-refractivity contribution >= 4 is 11.8 Å². The SMILES string of the molecule is CCN(CC1CSc2ccccc21)CC(C)(C)CN. The second-order valence-corrected chi connectivity index (χ2v) is 7.30. The molecule has 0 fully saturated rings. The van der Waals surface area contributed by atoms with Gasteiger partial charge in [-0.15, -0.1) is 11.8 Å². The fourth-order valence-corrected chi connectivity index (χ4v) is 3.91. The van der Waals surface area contributed by atoms with E-state index >= 15 is 0 Å². The number of hydrogen-bond acceptors (Lipinski definition) is 3. The number of fused-ring (bicyclic) bond motifs is 1. The first-order chi connectivity index (χ1) is 9.05. The van der Waals surface area contributed by atoms with Crippen molar-refractivity contribution in [1.82, 2.24) is 4.90 Å². The maximum Gasteiger partial charge on any atom is 0.0108 e. The number of benzene rings is 1. The lowest BCUT2D eigenvalue weighted by Crippen LogP contribution is -2.40. The van der Waals surface area contributed by atoms with Crippen LogP contribution in [0.5, 0.6) is 0 Å². The molecule has 0 bridgehead atoms. The molecule has 0 aromatic heterocycles. The van der Waals surface area contributed by atoms with Gasteiger partial charge >= 0.3 is 0 Å². The van der Waals surface area contributed by atoms with Crippen LogP contribution in [0.4, 0.5) is 0 Å². The van der Waals surface area contributed by atoms with Gasteiger partial charge in [0, 0.05) is 29.7 Å². The fourth-order valence-electron chi connectivity index (χ4n) is 2.67. The number of thioether (sulfide) groups is 1. The molecule has 1 aromatic carbocycles. The predicted molar refractivity (Wildman–Crippen MR) is 84.9 cm³/mol. The van der Waals surface area contributed by atoms with E-state index in [1.807, 2.05) is 11.8 Å². The van der Waals surface area contributed by atoms with Crippen LogP contribution < -0.4 is 5.73 Å². The number of nitrogens with two attached hydrogens (primary N) is 1. The summed E-state index contributed by atoms with van der Waals surface area (Å²) in [7, 11) is 0. The molecular formula is C16H26N2S. The molecule has 0 spiro atoms. The topological polar surface area (TPSA) is 29.3 Å². The highest BCUT2D eigenvalue weighted by Crippen LogP contribution is 2.39. The summed E-state index contributed by atoms with van der Waals surface area (Å²) in [6, 6.07) is 8.85. The van der Waals surface area contributed by atoms with E-state index in [-0.39, 0.29) is 5.41 Å². The highest BCUT2D eigenvalue weighted by molar-refractivity contribution is 7.99. The van der Waals surface area contributed by atoms with Crippen LogP contribution in [0, 0.1) is 5.41 Å². The smallest absolute Gasteiger partial charge is 0.0108 e. The summed E-state index contributed by atoms with van der Waals surface area (Å²) in [5.41, 5.74) is 7.61. The molecule has 0 radical (unpaired) electrons. The third kappa shape index (κ3) is 3.74. The van der Waals surface area contributed by atoms with Gasteiger partial charge in [-0.1, -0.05) is 39.0 Å². The Hall–Kier alpha value is -0.510. The predicted octanol–water partition coefficient (Wildman–Crippen LogP) is 3.18. The fraction of sp³-hybridized carbons (Fsp3) is 0.625. The third-order valence-electron chi connectivity index (χ3n) is 3.93. The quantitative estimate of drug-likeness (QED) is 0.866. The largest absolute Gasteiger partial charge is 0.330 e. The van der Waals surface area contributed by atoms with Gasteiger partial charge in [0.1, 0.15) is 0 Å². The highest BCUT2D eigenvalue weighted by Gasteiger charge is 2.26. The molecule has 0 saturated carbocycles. The van der Waals surface area contributed by atoms with Gasteiger partial charge in [0.05, 0.1) is 0 Å². The zero-order chi connectivity index (χ0) is 13.9. The Balaban J connectivity index is 2.00. The maximum atomic E-state index is 5.86. The molecule has 2 nitrogen and oxygen atoms in total. The van der Waals surface area contributed by atoms with Crippen LogP contribution in [0.2, 0.25) is 0 Å². The van der Waals surface area contributed by atoms with E-state index in [2.05, 4.69) is 49.9 Å². The summed E-state index contributed by atoms with van der Waals surface area (Å²) in [6.45, 7) is 10.9. The standard InChI is InChI=1S/C16H26N2S/c1-4-18(12-16(2,3)11-17)9-13-10-19-15-8-6-5-7-14(13)15/h5-8,13H,4,9-12,17H2,1-3H3. The van der Waals surface area contributed by atoms with E-state index in [4.69, 9.17) is 5.73 Å². The molecule has 0 amide bonds. The average molecular weight is 278 g/mol. The van der Waals surface area contributed by atoms with E-state index in [9.17, 15) is 0 Å². The van der Waals surface area contributed by atoms with E-state index < -0.39 is 0 Å². The monoisotopic (exact) mass is 278 g/mol. The Morgan fingerprint density at radius 1 is 1.37 bits per heavy atom. The van der Waals surface area contributed by atoms with Gasteiger partial charge in [0.2, 0.25) is 0 Å². The molecule has 106 valence electrons. The lowest BCUT2D eigenvalue weighted by Gasteiger charge is -2.32. The minimum atomic E-state index is 0.210. The molecule has 0 aliphatic carbocycles. The van der Waals surface area contributed by atoms with Gasteiger partial charge in [-0.2, -0.15) is 0 Å². The zero-order valence-electron chi connectivity index (χ0n) is 12.4. The molecule has 3 heteroatoms. The lowest BCUT2D eigenvalue weighted by atomic mass is 9.92. The van der Waals surface area contributed by atoms with Gasteiger partial charge in [-0.05, 0) is 30.1 Å². The Labute approximate surface area is 121 Å². The molecule has 2 rings (SSSR count). The minimum Gasteiger partial charge on any atom is -0.330 e. The van der Waals surface area contributed by atoms with Crippen LogP contribution in [0.25, 0.3) is 0 Å². The van der Waals surface area contributed by atoms with Crippen molar-refractivity contribution in [2.45, 2.75) is 31.6 Å². The summed E-state index contributed by atoms with van der Waals surface area (Å²) >= 11 is 2.00. The molecule has 19 heavy (non-hydrogen) atoms. The van der Waals surface area contributed by atoms with Crippen LogP contribution in [0.15, 0.2) is 29.2 Å². The first-order valence-electron chi connectivity index (χ1n) is 7.20. The molecule has 1 aliphatic rings. The van der Waals surface area contributed by atoms with Gasteiger partial charge < -0.3 is 10.6 Å². The molecule has 1 unspecified atom stereocenters. The summed E-state index contributed by atoms with van der Waals surface area (Å²) in [6.07, 6.45) is 0. The number of nitrogens with zero attached hydrogens (tertiary/aromatic N) is 1. The average Bonchev–Trinajstić information content (AvgIpc) is 2.81. The van der Waals surface area contributed by atoms with Crippen LogP contribution >= 0.6 is 11.8 Å². The van der Waals surface area contributed by atoms with Gasteiger partial charge in [0.15, 0.2) is 0 Å². The first kappa shape index (κ1) is 14.9. The molecule has 0 saturated heterocycles. The first-order valence-corrected chi connectivity index (χ1v) is 8.18. The second kappa shape index (κ2) is 6.29. The van der Waals surface area contributed by atoms with Crippen molar-refractivity contribution in [1.29, 1.82) is 0 Å². The molecular weight excluding hydrogens is 252 g/mol. The molecule has 2 N–H and O–H groups in total. The number of hydrogen-bond donors (Lipinski definition) is 1. The number of likely N-dealkylation sites (N-methyl/N-ethyl adjacent to an activating group) is 1. The molecule has 1 atom stereocenters. The molecule has 1 aliphatic heterocycles. The van der Waals surface area contributed by atoms with E-state index in [0.29, 0.717) is 5.92 Å². The van der Waals surface area contributed by atoms with Crippen LogP contribution in [-0.4, -0.2) is 36.8 Å². The minimum absolute atomic E-state index is 0.210. The summed E-state index contributed by atoms with van der Waals surface area (Å²) in [4.78, 5) is 4.03. The molecule has 1 heterocycles. The van der Waals surface area contributed by atoms with Gasteiger partial charge in [-0.25, -0.2) is 0 Å². The number of rotatable bonds is 6. The van der Waals surface area contributed by atoms with Crippen LogP contribution in [0.1, 0.15) is 32.3 Å². The summed E-state index contributed by atoms with van der Waals surface area (Å²) < 4.78 is 0. The Morgan fingerprint density at radius 3 is 2.79 bits per heavy atom. The van der Waals surface area contributed by atoms with Crippen molar-refractivity contribution in [3.63, 3.8) is 0 Å². The van der Waals surface area contributed by atoms with Crippen molar-refractivity contribution in [3.8, 4) is 0 Å². The van der Waals surface area contributed by atoms with Gasteiger partial charge in [0.25, 0.3) is 0 Å². The van der Waals surface area contributed by atoms with E-state index in [1.54, 1.807) is 0 Å². The molecule has 1 aromatic rings. The van der Waals surface area contributed by atoms with Crippen molar-refractivity contribution in [2.24, 2.45) is 11.1 Å². The van der Waals surface area contributed by atoms with Crippen molar-refractivity contribution in [2.75, 3.05) is 31.9 Å². The Kier molecular flexibility index (Phi) is 4.93. The summed E-state index contributed by atoms with van der Waals surface area (Å²) in [5.74, 6) is 1.90. The maximum absolute atomic E-state index is 5.86. The van der Waals surface area contributed by atoms with Gasteiger partial charge in [-0.3, -0.25) is 0 Å². The van der Waals surface area contributed by atoms with E-state index in [0.717, 1.165) is 26.2 Å². The van der Waals surface area contributed by atoms with E-state index in [1.165, 1.54) is 16.2 Å². The Bertz CT molecular complexity index is 417.